The Labute approximate surface area is 146 Å². The van der Waals surface area contributed by atoms with Crippen molar-refractivity contribution in [2.45, 2.75) is 18.6 Å². The third-order valence-electron chi connectivity index (χ3n) is 3.60. The monoisotopic (exact) mass is 357 g/mol. The molecule has 124 valence electrons. The number of anilines is 1. The highest BCUT2D eigenvalue weighted by molar-refractivity contribution is 6.04. The second kappa shape index (κ2) is 8.82. The van der Waals surface area contributed by atoms with Crippen molar-refractivity contribution in [2.75, 3.05) is 11.9 Å². The Kier molecular flexibility index (Phi) is 7.42. The van der Waals surface area contributed by atoms with Gasteiger partial charge < -0.3 is 10.6 Å². The maximum absolute atomic E-state index is 13.2. The fourth-order valence-corrected chi connectivity index (χ4v) is 2.26. The van der Waals surface area contributed by atoms with E-state index in [-0.39, 0.29) is 36.8 Å². The van der Waals surface area contributed by atoms with Crippen LogP contribution in [0.15, 0.2) is 48.8 Å². The van der Waals surface area contributed by atoms with Gasteiger partial charge in [0.1, 0.15) is 6.17 Å². The predicted octanol–water partition coefficient (Wildman–Crippen LogP) is 3.03. The first kappa shape index (κ1) is 19.4. The lowest BCUT2D eigenvalue weighted by Gasteiger charge is -2.32. The van der Waals surface area contributed by atoms with Crippen molar-refractivity contribution < 1.29 is 9.18 Å². The summed E-state index contributed by atoms with van der Waals surface area (Å²) in [6.07, 6.45) is 3.12. The van der Waals surface area contributed by atoms with Crippen LogP contribution in [-0.2, 0) is 6.42 Å². The molecule has 1 amide bonds. The number of rotatable bonds is 4. The third-order valence-corrected chi connectivity index (χ3v) is 3.60. The molecule has 2 atom stereocenters. The molecule has 2 heterocycles. The minimum Gasteiger partial charge on any atom is -0.321 e. The maximum atomic E-state index is 13.2. The Morgan fingerprint density at radius 3 is 2.52 bits per heavy atom. The summed E-state index contributed by atoms with van der Waals surface area (Å²) in [5.41, 5.74) is 2.25. The summed E-state index contributed by atoms with van der Waals surface area (Å²) in [6, 6.07) is 10.7. The molecule has 0 spiro atoms. The number of benzene rings is 1. The van der Waals surface area contributed by atoms with Crippen LogP contribution in [-0.4, -0.2) is 29.6 Å². The lowest BCUT2D eigenvalue weighted by atomic mass is 9.96. The summed E-state index contributed by atoms with van der Waals surface area (Å²) in [7, 11) is 0. The van der Waals surface area contributed by atoms with Gasteiger partial charge >= 0.3 is 0 Å². The number of nitrogens with zero attached hydrogens (tertiary/aromatic N) is 1. The Morgan fingerprint density at radius 1 is 1.26 bits per heavy atom. The van der Waals surface area contributed by atoms with E-state index >= 15 is 0 Å². The van der Waals surface area contributed by atoms with Crippen molar-refractivity contribution in [1.29, 1.82) is 0 Å². The highest BCUT2D eigenvalue weighted by atomic mass is 35.5. The highest BCUT2D eigenvalue weighted by Crippen LogP contribution is 2.16. The maximum Gasteiger partial charge on any atom is 0.255 e. The summed E-state index contributed by atoms with van der Waals surface area (Å²) >= 11 is 0. The zero-order valence-corrected chi connectivity index (χ0v) is 13.9. The molecule has 1 saturated heterocycles. The molecule has 1 fully saturated rings. The number of halogens is 3. The molecule has 2 N–H and O–H groups in total. The van der Waals surface area contributed by atoms with Crippen LogP contribution in [0.3, 0.4) is 0 Å². The van der Waals surface area contributed by atoms with Crippen molar-refractivity contribution in [1.82, 2.24) is 10.3 Å². The molecule has 0 radical (unpaired) electrons. The van der Waals surface area contributed by atoms with E-state index < -0.39 is 6.17 Å². The molecule has 0 unspecified atom stereocenters. The van der Waals surface area contributed by atoms with Gasteiger partial charge in [0.2, 0.25) is 0 Å². The average molecular weight is 358 g/mol. The molecule has 7 heteroatoms. The van der Waals surface area contributed by atoms with E-state index in [2.05, 4.69) is 15.6 Å². The fraction of sp³-hybridized carbons (Fsp3) is 0.250. The van der Waals surface area contributed by atoms with E-state index in [0.29, 0.717) is 24.2 Å². The molecule has 0 aliphatic carbocycles. The number of hydrogen-bond donors (Lipinski definition) is 2. The first-order valence-corrected chi connectivity index (χ1v) is 6.90. The van der Waals surface area contributed by atoms with Crippen molar-refractivity contribution in [3.8, 4) is 0 Å². The number of carbonyl (C=O) groups excluding carboxylic acids is 1. The van der Waals surface area contributed by atoms with Gasteiger partial charge in [-0.3, -0.25) is 9.78 Å². The van der Waals surface area contributed by atoms with Crippen LogP contribution in [0.25, 0.3) is 0 Å². The molecule has 0 bridgehead atoms. The van der Waals surface area contributed by atoms with E-state index in [9.17, 15) is 9.18 Å². The average Bonchev–Trinajstić information content (AvgIpc) is 2.52. The molecule has 23 heavy (non-hydrogen) atoms. The summed E-state index contributed by atoms with van der Waals surface area (Å²) in [5, 5.41) is 5.83. The second-order valence-electron chi connectivity index (χ2n) is 5.13. The third kappa shape index (κ3) is 4.89. The van der Waals surface area contributed by atoms with Gasteiger partial charge in [-0.15, -0.1) is 24.8 Å². The minimum absolute atomic E-state index is 0. The van der Waals surface area contributed by atoms with E-state index in [1.807, 2.05) is 12.1 Å². The molecular formula is C16H18Cl2FN3O. The van der Waals surface area contributed by atoms with Gasteiger partial charge in [0.25, 0.3) is 5.91 Å². The number of aromatic nitrogens is 1. The standard InChI is InChI=1S/C16H16FN3O.2ClH/c17-14-10-19-15(14)8-11-3-5-12(6-4-11)16(21)20-13-2-1-7-18-9-13;;/h1-7,9,14-15,19H,8,10H2,(H,20,21);2*1H/t14-,15-;;/m0../s1. The molecule has 1 aromatic heterocycles. The van der Waals surface area contributed by atoms with Gasteiger partial charge in [0.05, 0.1) is 11.9 Å². The molecule has 0 saturated carbocycles. The highest BCUT2D eigenvalue weighted by Gasteiger charge is 2.29. The van der Waals surface area contributed by atoms with E-state index in [4.69, 9.17) is 0 Å². The van der Waals surface area contributed by atoms with Gasteiger partial charge in [-0.1, -0.05) is 12.1 Å². The van der Waals surface area contributed by atoms with Crippen LogP contribution in [0.2, 0.25) is 0 Å². The first-order chi connectivity index (χ1) is 10.2. The number of amides is 1. The quantitative estimate of drug-likeness (QED) is 0.884. The second-order valence-corrected chi connectivity index (χ2v) is 5.13. The zero-order chi connectivity index (χ0) is 14.7. The molecule has 2 aromatic rings. The van der Waals surface area contributed by atoms with E-state index in [1.165, 1.54) is 0 Å². The number of nitrogens with one attached hydrogen (secondary N) is 2. The van der Waals surface area contributed by atoms with Gasteiger partial charge in [-0.05, 0) is 36.2 Å². The Hall–Kier alpha value is -1.69. The lowest BCUT2D eigenvalue weighted by Crippen LogP contribution is -2.55. The number of alkyl halides is 1. The molecule has 1 aliphatic heterocycles. The largest absolute Gasteiger partial charge is 0.321 e. The normalized spacial score (nSPS) is 18.8. The van der Waals surface area contributed by atoms with Crippen molar-refractivity contribution in [2.24, 2.45) is 0 Å². The predicted molar refractivity (Wildman–Crippen MR) is 93.5 cm³/mol. The van der Waals surface area contributed by atoms with Crippen LogP contribution < -0.4 is 10.6 Å². The molecule has 3 rings (SSSR count). The van der Waals surface area contributed by atoms with Gasteiger partial charge in [0, 0.05) is 24.3 Å². The minimum atomic E-state index is -0.765. The van der Waals surface area contributed by atoms with Crippen LogP contribution in [0, 0.1) is 0 Å². The molecular weight excluding hydrogens is 340 g/mol. The summed E-state index contributed by atoms with van der Waals surface area (Å²) in [6.45, 7) is 0.441. The van der Waals surface area contributed by atoms with E-state index in [1.54, 1.807) is 36.7 Å². The van der Waals surface area contributed by atoms with Gasteiger partial charge in [0.15, 0.2) is 0 Å². The molecule has 1 aliphatic rings. The van der Waals surface area contributed by atoms with Crippen molar-refractivity contribution >= 4 is 36.4 Å². The lowest BCUT2D eigenvalue weighted by molar-refractivity contribution is 0.102. The number of hydrogen-bond acceptors (Lipinski definition) is 3. The van der Waals surface area contributed by atoms with Gasteiger partial charge in [-0.2, -0.15) is 0 Å². The summed E-state index contributed by atoms with van der Waals surface area (Å²) in [4.78, 5) is 16.0. The van der Waals surface area contributed by atoms with Gasteiger partial charge in [-0.25, -0.2) is 4.39 Å². The SMILES string of the molecule is Cl.Cl.O=C(Nc1cccnc1)c1ccc(C[C@@H]2NC[C@@H]2F)cc1. The summed E-state index contributed by atoms with van der Waals surface area (Å²) in [5.74, 6) is -0.181. The van der Waals surface area contributed by atoms with Crippen molar-refractivity contribution in [3.05, 3.63) is 59.9 Å². The Bertz CT molecular complexity index is 625. The molecule has 1 aromatic carbocycles. The topological polar surface area (TPSA) is 54.0 Å². The van der Waals surface area contributed by atoms with Crippen molar-refractivity contribution in [3.63, 3.8) is 0 Å². The van der Waals surface area contributed by atoms with Crippen LogP contribution in [0.1, 0.15) is 15.9 Å². The Morgan fingerprint density at radius 2 is 2.00 bits per heavy atom. The zero-order valence-electron chi connectivity index (χ0n) is 12.2. The van der Waals surface area contributed by atoms with Crippen LogP contribution >= 0.6 is 24.8 Å². The first-order valence-electron chi connectivity index (χ1n) is 6.90. The van der Waals surface area contributed by atoms with E-state index in [0.717, 1.165) is 5.56 Å². The fourth-order valence-electron chi connectivity index (χ4n) is 2.26. The number of pyridine rings is 1. The number of carbonyl (C=O) groups is 1. The summed E-state index contributed by atoms with van der Waals surface area (Å²) < 4.78 is 13.2. The Balaban J connectivity index is 0.00000132. The van der Waals surface area contributed by atoms with Crippen LogP contribution in [0.4, 0.5) is 10.1 Å². The van der Waals surface area contributed by atoms with Crippen LogP contribution in [0.5, 0.6) is 0 Å². The molecule has 4 nitrogen and oxygen atoms in total. The smallest absolute Gasteiger partial charge is 0.255 e.